The van der Waals surface area contributed by atoms with Crippen LogP contribution in [-0.4, -0.2) is 28.4 Å². The zero-order valence-electron chi connectivity index (χ0n) is 14.9. The highest BCUT2D eigenvalue weighted by Gasteiger charge is 2.18. The molecular weight excluding hydrogens is 346 g/mol. The molecule has 0 unspecified atom stereocenters. The number of ketones is 1. The van der Waals surface area contributed by atoms with Crippen LogP contribution in [0, 0.1) is 11.3 Å². The molecule has 1 aromatic carbocycles. The smallest absolute Gasteiger partial charge is 0.339 e. The Bertz CT molecular complexity index is 1150. The molecule has 0 aliphatic heterocycles. The molecule has 2 heterocycles. The number of rotatable bonds is 5. The quantitative estimate of drug-likeness (QED) is 0.554. The number of esters is 1. The van der Waals surface area contributed by atoms with Crippen molar-refractivity contribution in [2.75, 3.05) is 7.11 Å². The van der Waals surface area contributed by atoms with Crippen molar-refractivity contribution < 1.29 is 14.3 Å². The summed E-state index contributed by atoms with van der Waals surface area (Å²) in [6.07, 6.45) is 3.67. The first-order valence-electron chi connectivity index (χ1n) is 8.35. The lowest BCUT2D eigenvalue weighted by Gasteiger charge is -2.08. The predicted octanol–water partition coefficient (Wildman–Crippen LogP) is 2.43. The predicted molar refractivity (Wildman–Crippen MR) is 98.8 cm³/mol. The van der Waals surface area contributed by atoms with Gasteiger partial charge in [-0.1, -0.05) is 25.1 Å². The Kier molecular flexibility index (Phi) is 4.90. The van der Waals surface area contributed by atoms with Gasteiger partial charge in [-0.2, -0.15) is 5.26 Å². The van der Waals surface area contributed by atoms with E-state index < -0.39 is 11.5 Å². The molecule has 7 nitrogen and oxygen atoms in total. The van der Waals surface area contributed by atoms with E-state index in [9.17, 15) is 14.4 Å². The number of fused-ring (bicyclic) bond motifs is 1. The van der Waals surface area contributed by atoms with Crippen molar-refractivity contribution in [1.82, 2.24) is 9.55 Å². The Morgan fingerprint density at radius 2 is 2.11 bits per heavy atom. The topological polar surface area (TPSA) is 105 Å². The number of pyridine rings is 1. The molecule has 0 aliphatic carbocycles. The van der Waals surface area contributed by atoms with E-state index in [1.807, 2.05) is 25.1 Å². The molecule has 2 aromatic heterocycles. The van der Waals surface area contributed by atoms with Crippen molar-refractivity contribution >= 4 is 22.7 Å². The Morgan fingerprint density at radius 3 is 2.78 bits per heavy atom. The number of para-hydroxylation sites is 1. The van der Waals surface area contributed by atoms with Gasteiger partial charge in [-0.25, -0.2) is 4.79 Å². The van der Waals surface area contributed by atoms with Crippen LogP contribution >= 0.6 is 0 Å². The highest BCUT2D eigenvalue weighted by molar-refractivity contribution is 6.08. The molecule has 0 fully saturated rings. The molecule has 3 rings (SSSR count). The standard InChI is InChI=1S/C20H17N3O4/c1-3-12-5-4-6-15-16(9-22-18(12)15)17(24)11-23-10-14(20(26)27-2)7-13(8-21)19(23)25/h4-7,9-10,22H,3,11H2,1-2H3. The van der Waals surface area contributed by atoms with Crippen molar-refractivity contribution in [3.8, 4) is 6.07 Å². The number of benzene rings is 1. The van der Waals surface area contributed by atoms with Crippen LogP contribution in [0.25, 0.3) is 10.9 Å². The minimum atomic E-state index is -0.688. The van der Waals surface area contributed by atoms with Crippen LogP contribution in [0.3, 0.4) is 0 Å². The summed E-state index contributed by atoms with van der Waals surface area (Å²) in [5.74, 6) is -0.991. The molecule has 7 heteroatoms. The summed E-state index contributed by atoms with van der Waals surface area (Å²) >= 11 is 0. The van der Waals surface area contributed by atoms with Crippen LogP contribution in [0.1, 0.15) is 38.8 Å². The molecule has 0 aliphatic rings. The van der Waals surface area contributed by atoms with E-state index in [1.165, 1.54) is 13.3 Å². The highest BCUT2D eigenvalue weighted by atomic mass is 16.5. The average Bonchev–Trinajstić information content (AvgIpc) is 3.13. The SMILES string of the molecule is CCc1cccc2c(C(=O)Cn3cc(C(=O)OC)cc(C#N)c3=O)c[nH]c12. The third kappa shape index (κ3) is 3.25. The molecular formula is C20H17N3O4. The molecule has 0 bridgehead atoms. The van der Waals surface area contributed by atoms with E-state index in [-0.39, 0.29) is 23.5 Å². The molecule has 0 atom stereocenters. The number of aryl methyl sites for hydroxylation is 1. The number of ether oxygens (including phenoxy) is 1. The lowest BCUT2D eigenvalue weighted by Crippen LogP contribution is -2.27. The van der Waals surface area contributed by atoms with E-state index >= 15 is 0 Å². The zero-order valence-corrected chi connectivity index (χ0v) is 14.9. The second kappa shape index (κ2) is 7.30. The van der Waals surface area contributed by atoms with Gasteiger partial charge in [0, 0.05) is 28.9 Å². The van der Waals surface area contributed by atoms with E-state index in [0.717, 1.165) is 33.5 Å². The largest absolute Gasteiger partial charge is 0.465 e. The summed E-state index contributed by atoms with van der Waals surface area (Å²) in [5.41, 5.74) is 1.60. The van der Waals surface area contributed by atoms with Gasteiger partial charge in [0.1, 0.15) is 11.6 Å². The van der Waals surface area contributed by atoms with Gasteiger partial charge in [0.15, 0.2) is 5.78 Å². The Hall–Kier alpha value is -3.66. The van der Waals surface area contributed by atoms with E-state index in [4.69, 9.17) is 5.26 Å². The van der Waals surface area contributed by atoms with Crippen LogP contribution in [-0.2, 0) is 17.7 Å². The molecule has 3 aromatic rings. The van der Waals surface area contributed by atoms with Gasteiger partial charge in [0.2, 0.25) is 0 Å². The van der Waals surface area contributed by atoms with Gasteiger partial charge in [-0.15, -0.1) is 0 Å². The third-order valence-electron chi connectivity index (χ3n) is 4.42. The van der Waals surface area contributed by atoms with Gasteiger partial charge in [-0.05, 0) is 18.1 Å². The first kappa shape index (κ1) is 18.1. The number of carbonyl (C=O) groups is 2. The van der Waals surface area contributed by atoms with Crippen molar-refractivity contribution in [3.63, 3.8) is 0 Å². The number of nitrogens with one attached hydrogen (secondary N) is 1. The van der Waals surface area contributed by atoms with Gasteiger partial charge >= 0.3 is 5.97 Å². The van der Waals surface area contributed by atoms with Gasteiger partial charge in [-0.3, -0.25) is 9.59 Å². The number of nitriles is 1. The van der Waals surface area contributed by atoms with Gasteiger partial charge in [0.25, 0.3) is 5.56 Å². The molecule has 0 saturated heterocycles. The number of aromatic amines is 1. The fourth-order valence-electron chi connectivity index (χ4n) is 3.05. The Labute approximate surface area is 154 Å². The maximum atomic E-state index is 12.8. The van der Waals surface area contributed by atoms with Crippen molar-refractivity contribution in [2.45, 2.75) is 19.9 Å². The summed E-state index contributed by atoms with van der Waals surface area (Å²) < 4.78 is 5.70. The number of methoxy groups -OCH3 is 1. The molecule has 27 heavy (non-hydrogen) atoms. The fourth-order valence-corrected chi connectivity index (χ4v) is 3.05. The second-order valence-electron chi connectivity index (χ2n) is 6.00. The van der Waals surface area contributed by atoms with Crippen LogP contribution in [0.5, 0.6) is 0 Å². The number of Topliss-reactive ketones (excluding diaryl/α,β-unsaturated/α-hetero) is 1. The summed E-state index contributed by atoms with van der Waals surface area (Å²) in [6.45, 7) is 1.74. The second-order valence-corrected chi connectivity index (χ2v) is 6.00. The zero-order chi connectivity index (χ0) is 19.6. The monoisotopic (exact) mass is 363 g/mol. The van der Waals surface area contributed by atoms with Crippen molar-refractivity contribution in [1.29, 1.82) is 5.26 Å². The summed E-state index contributed by atoms with van der Waals surface area (Å²) in [5, 5.41) is 9.91. The van der Waals surface area contributed by atoms with Crippen molar-refractivity contribution in [2.24, 2.45) is 0 Å². The number of aromatic nitrogens is 2. The normalized spacial score (nSPS) is 10.6. The fraction of sp³-hybridized carbons (Fsp3) is 0.200. The van der Waals surface area contributed by atoms with Crippen LogP contribution < -0.4 is 5.56 Å². The lowest BCUT2D eigenvalue weighted by molar-refractivity contribution is 0.0599. The molecule has 0 radical (unpaired) electrons. The molecule has 136 valence electrons. The number of H-pyrrole nitrogens is 1. The maximum absolute atomic E-state index is 12.8. The first-order chi connectivity index (χ1) is 13.0. The molecule has 0 saturated carbocycles. The summed E-state index contributed by atoms with van der Waals surface area (Å²) in [4.78, 5) is 40.1. The van der Waals surface area contributed by atoms with Gasteiger partial charge < -0.3 is 14.3 Å². The average molecular weight is 363 g/mol. The highest BCUT2D eigenvalue weighted by Crippen LogP contribution is 2.23. The number of hydrogen-bond donors (Lipinski definition) is 1. The molecule has 1 N–H and O–H groups in total. The minimum Gasteiger partial charge on any atom is -0.465 e. The minimum absolute atomic E-state index is 0.0358. The van der Waals surface area contributed by atoms with Crippen molar-refractivity contribution in [3.05, 3.63) is 69.3 Å². The number of hydrogen-bond acceptors (Lipinski definition) is 5. The van der Waals surface area contributed by atoms with Crippen LogP contribution in [0.15, 0.2) is 41.5 Å². The number of carbonyl (C=O) groups excluding carboxylic acids is 2. The maximum Gasteiger partial charge on any atom is 0.339 e. The molecule has 0 spiro atoms. The summed E-state index contributed by atoms with van der Waals surface area (Å²) in [7, 11) is 1.20. The number of nitrogens with zero attached hydrogens (tertiary/aromatic N) is 2. The van der Waals surface area contributed by atoms with Crippen LogP contribution in [0.4, 0.5) is 0 Å². The van der Waals surface area contributed by atoms with E-state index in [2.05, 4.69) is 9.72 Å². The van der Waals surface area contributed by atoms with E-state index in [1.54, 1.807) is 12.3 Å². The third-order valence-corrected chi connectivity index (χ3v) is 4.42. The van der Waals surface area contributed by atoms with Crippen LogP contribution in [0.2, 0.25) is 0 Å². The Balaban J connectivity index is 2.03. The van der Waals surface area contributed by atoms with Gasteiger partial charge in [0.05, 0.1) is 19.2 Å². The molecule has 0 amide bonds. The lowest BCUT2D eigenvalue weighted by atomic mass is 10.0. The summed E-state index contributed by atoms with van der Waals surface area (Å²) in [6, 6.07) is 8.61. The Morgan fingerprint density at radius 1 is 1.33 bits per heavy atom. The van der Waals surface area contributed by atoms with E-state index in [0.29, 0.717) is 5.56 Å². The first-order valence-corrected chi connectivity index (χ1v) is 8.35.